The van der Waals surface area contributed by atoms with Crippen LogP contribution in [0.3, 0.4) is 0 Å². The fourth-order valence-corrected chi connectivity index (χ4v) is 3.02. The van der Waals surface area contributed by atoms with E-state index < -0.39 is 5.41 Å². The first-order valence-corrected chi connectivity index (χ1v) is 7.96. The van der Waals surface area contributed by atoms with Gasteiger partial charge in [-0.2, -0.15) is 0 Å². The van der Waals surface area contributed by atoms with Crippen LogP contribution in [0.25, 0.3) is 10.7 Å². The highest BCUT2D eigenvalue weighted by atomic mass is 32.1. The third-order valence-corrected chi connectivity index (χ3v) is 4.25. The summed E-state index contributed by atoms with van der Waals surface area (Å²) in [5.74, 6) is -0.251. The zero-order valence-electron chi connectivity index (χ0n) is 12.8. The Morgan fingerprint density at radius 1 is 1.38 bits per heavy atom. The Balaban J connectivity index is 2.36. The molecule has 2 rings (SSSR count). The van der Waals surface area contributed by atoms with Gasteiger partial charge in [-0.05, 0) is 38.8 Å². The molecule has 0 aliphatic rings. The van der Waals surface area contributed by atoms with E-state index in [4.69, 9.17) is 4.74 Å². The molecule has 0 aromatic carbocycles. The van der Waals surface area contributed by atoms with Crippen molar-refractivity contribution in [1.29, 1.82) is 0 Å². The van der Waals surface area contributed by atoms with Crippen molar-refractivity contribution >= 4 is 17.3 Å². The van der Waals surface area contributed by atoms with E-state index in [1.807, 2.05) is 32.2 Å². The molecule has 2 heterocycles. The fraction of sp³-hybridized carbons (Fsp3) is 0.438. The van der Waals surface area contributed by atoms with Gasteiger partial charge < -0.3 is 4.74 Å². The number of aromatic nitrogens is 2. The number of aryl methyl sites for hydroxylation is 1. The Labute approximate surface area is 129 Å². The van der Waals surface area contributed by atoms with Gasteiger partial charge in [0, 0.05) is 11.6 Å². The van der Waals surface area contributed by atoms with Gasteiger partial charge >= 0.3 is 5.97 Å². The van der Waals surface area contributed by atoms with Gasteiger partial charge in [-0.1, -0.05) is 13.0 Å². The maximum atomic E-state index is 12.1. The van der Waals surface area contributed by atoms with E-state index in [1.54, 1.807) is 6.20 Å². The number of carbonyl (C=O) groups is 1. The van der Waals surface area contributed by atoms with Crippen molar-refractivity contribution < 1.29 is 9.53 Å². The summed E-state index contributed by atoms with van der Waals surface area (Å²) in [6.45, 7) is 7.95. The summed E-state index contributed by atoms with van der Waals surface area (Å²) in [6.07, 6.45) is 2.67. The van der Waals surface area contributed by atoms with Gasteiger partial charge in [0.1, 0.15) is 16.1 Å². The van der Waals surface area contributed by atoms with Crippen LogP contribution >= 0.6 is 11.3 Å². The lowest BCUT2D eigenvalue weighted by atomic mass is 9.90. The first kappa shape index (κ1) is 15.6. The Kier molecular flexibility index (Phi) is 4.73. The molecular weight excluding hydrogens is 284 g/mol. The van der Waals surface area contributed by atoms with Gasteiger partial charge in [0.05, 0.1) is 12.3 Å². The van der Waals surface area contributed by atoms with E-state index in [0.717, 1.165) is 28.4 Å². The number of ether oxygens (including phenoxy) is 1. The van der Waals surface area contributed by atoms with Crippen LogP contribution in [0.4, 0.5) is 0 Å². The molecule has 0 bridgehead atoms. The van der Waals surface area contributed by atoms with Crippen molar-refractivity contribution in [2.45, 2.75) is 39.5 Å². The molecule has 0 fully saturated rings. The van der Waals surface area contributed by atoms with Crippen LogP contribution in [-0.2, 0) is 21.4 Å². The average molecular weight is 304 g/mol. The smallest absolute Gasteiger partial charge is 0.317 e. The Morgan fingerprint density at radius 3 is 2.81 bits per heavy atom. The fourth-order valence-electron chi connectivity index (χ4n) is 2.00. The van der Waals surface area contributed by atoms with Crippen LogP contribution < -0.4 is 0 Å². The zero-order chi connectivity index (χ0) is 15.5. The molecule has 4 nitrogen and oxygen atoms in total. The average Bonchev–Trinajstić information content (AvgIpc) is 2.97. The molecule has 0 atom stereocenters. The summed E-state index contributed by atoms with van der Waals surface area (Å²) >= 11 is 1.51. The molecule has 0 saturated heterocycles. The van der Waals surface area contributed by atoms with Gasteiger partial charge in [-0.15, -0.1) is 11.3 Å². The van der Waals surface area contributed by atoms with Gasteiger partial charge in [0.25, 0.3) is 0 Å². The molecule has 112 valence electrons. The molecule has 0 N–H and O–H groups in total. The van der Waals surface area contributed by atoms with Crippen molar-refractivity contribution in [2.24, 2.45) is 0 Å². The van der Waals surface area contributed by atoms with Crippen LogP contribution in [0, 0.1) is 0 Å². The van der Waals surface area contributed by atoms with Crippen molar-refractivity contribution in [3.8, 4) is 10.7 Å². The van der Waals surface area contributed by atoms with E-state index in [-0.39, 0.29) is 5.97 Å². The van der Waals surface area contributed by atoms with Crippen LogP contribution in [0.2, 0.25) is 0 Å². The minimum atomic E-state index is -0.744. The molecule has 2 aromatic heterocycles. The van der Waals surface area contributed by atoms with Crippen LogP contribution in [0.1, 0.15) is 39.0 Å². The monoisotopic (exact) mass is 304 g/mol. The number of pyridine rings is 1. The highest BCUT2D eigenvalue weighted by Gasteiger charge is 2.34. The molecule has 0 radical (unpaired) electrons. The highest BCUT2D eigenvalue weighted by molar-refractivity contribution is 7.13. The van der Waals surface area contributed by atoms with Crippen LogP contribution in [0.5, 0.6) is 0 Å². The number of hydrogen-bond acceptors (Lipinski definition) is 5. The molecule has 0 saturated carbocycles. The predicted molar refractivity (Wildman–Crippen MR) is 84.4 cm³/mol. The van der Waals surface area contributed by atoms with E-state index in [2.05, 4.69) is 23.0 Å². The van der Waals surface area contributed by atoms with Crippen LogP contribution in [-0.4, -0.2) is 22.5 Å². The summed E-state index contributed by atoms with van der Waals surface area (Å²) in [7, 11) is 0. The normalized spacial score (nSPS) is 11.4. The largest absolute Gasteiger partial charge is 0.465 e. The number of esters is 1. The molecule has 0 amide bonds. The summed E-state index contributed by atoms with van der Waals surface area (Å²) in [4.78, 5) is 21.1. The van der Waals surface area contributed by atoms with Crippen molar-refractivity contribution in [3.05, 3.63) is 35.0 Å². The minimum Gasteiger partial charge on any atom is -0.465 e. The Bertz CT molecular complexity index is 635. The standard InChI is InChI=1S/C16H20N2O2S/c1-5-11-8-7-9-17-13(11)14-18-12(10-21-14)16(3,4)15(19)20-6-2/h7-10H,5-6H2,1-4H3. The number of thiazole rings is 1. The second kappa shape index (κ2) is 6.35. The second-order valence-corrected chi connectivity index (χ2v) is 6.11. The number of carbonyl (C=O) groups excluding carboxylic acids is 1. The first-order valence-electron chi connectivity index (χ1n) is 7.08. The third kappa shape index (κ3) is 3.13. The Morgan fingerprint density at radius 2 is 2.14 bits per heavy atom. The quantitative estimate of drug-likeness (QED) is 0.792. The number of hydrogen-bond donors (Lipinski definition) is 0. The molecule has 0 aliphatic heterocycles. The van der Waals surface area contributed by atoms with Gasteiger partial charge in [-0.3, -0.25) is 9.78 Å². The SMILES string of the molecule is CCOC(=O)C(C)(C)c1csc(-c2ncccc2CC)n1. The molecule has 0 spiro atoms. The summed E-state index contributed by atoms with van der Waals surface area (Å²) in [5.41, 5.74) is 2.04. The molecule has 5 heteroatoms. The van der Waals surface area contributed by atoms with Crippen LogP contribution in [0.15, 0.2) is 23.7 Å². The van der Waals surface area contributed by atoms with Gasteiger partial charge in [0.15, 0.2) is 0 Å². The topological polar surface area (TPSA) is 52.1 Å². The van der Waals surface area contributed by atoms with E-state index in [1.165, 1.54) is 11.3 Å². The second-order valence-electron chi connectivity index (χ2n) is 5.25. The van der Waals surface area contributed by atoms with Crippen molar-refractivity contribution in [1.82, 2.24) is 9.97 Å². The Hall–Kier alpha value is -1.75. The number of rotatable bonds is 5. The summed E-state index contributed by atoms with van der Waals surface area (Å²) in [5, 5.41) is 2.76. The molecule has 0 unspecified atom stereocenters. The van der Waals surface area contributed by atoms with Crippen molar-refractivity contribution in [2.75, 3.05) is 6.61 Å². The van der Waals surface area contributed by atoms with E-state index in [0.29, 0.717) is 6.61 Å². The molecule has 2 aromatic rings. The third-order valence-electron chi connectivity index (χ3n) is 3.41. The van der Waals surface area contributed by atoms with Gasteiger partial charge in [-0.25, -0.2) is 4.98 Å². The minimum absolute atomic E-state index is 0.251. The molecule has 21 heavy (non-hydrogen) atoms. The summed E-state index contributed by atoms with van der Waals surface area (Å²) in [6, 6.07) is 3.99. The lowest BCUT2D eigenvalue weighted by Gasteiger charge is -2.19. The number of nitrogens with zero attached hydrogens (tertiary/aromatic N) is 2. The van der Waals surface area contributed by atoms with Gasteiger partial charge in [0.2, 0.25) is 0 Å². The van der Waals surface area contributed by atoms with Crippen molar-refractivity contribution in [3.63, 3.8) is 0 Å². The predicted octanol–water partition coefficient (Wildman–Crippen LogP) is 3.61. The lowest BCUT2D eigenvalue weighted by molar-refractivity contribution is -0.148. The summed E-state index contributed by atoms with van der Waals surface area (Å²) < 4.78 is 5.13. The highest BCUT2D eigenvalue weighted by Crippen LogP contribution is 2.31. The molecule has 0 aliphatic carbocycles. The maximum Gasteiger partial charge on any atom is 0.317 e. The lowest BCUT2D eigenvalue weighted by Crippen LogP contribution is -2.31. The molecular formula is C16H20N2O2S. The zero-order valence-corrected chi connectivity index (χ0v) is 13.7. The van der Waals surface area contributed by atoms with E-state index in [9.17, 15) is 4.79 Å². The first-order chi connectivity index (χ1) is 10.0. The van der Waals surface area contributed by atoms with E-state index >= 15 is 0 Å². The maximum absolute atomic E-state index is 12.1.